The quantitative estimate of drug-likeness (QED) is 0.323. The molecular weight excluding hydrogens is 205 g/mol. The molecule has 0 spiro atoms. The molecule has 0 saturated carbocycles. The molecule has 0 unspecified atom stereocenters. The predicted molar refractivity (Wildman–Crippen MR) is 54.4 cm³/mol. The van der Waals surface area contributed by atoms with E-state index < -0.39 is 19.7 Å². The first-order valence-corrected chi connectivity index (χ1v) is 5.28. The Bertz CT molecular complexity index is 236. The van der Waals surface area contributed by atoms with Crippen molar-refractivity contribution in [3.05, 3.63) is 10.4 Å². The average Bonchev–Trinajstić information content (AvgIpc) is 1.78. The van der Waals surface area contributed by atoms with Crippen molar-refractivity contribution in [2.75, 3.05) is 0 Å². The van der Waals surface area contributed by atoms with Gasteiger partial charge in [0.15, 0.2) is 0 Å². The summed E-state index contributed by atoms with van der Waals surface area (Å²) in [7, 11) is -2.39. The van der Waals surface area contributed by atoms with E-state index in [1.807, 2.05) is 0 Å². The second-order valence-electron chi connectivity index (χ2n) is 4.28. The number of rotatable bonds is 5. The number of hydrogen-bond donors (Lipinski definition) is 2. The Morgan fingerprint density at radius 1 is 1.36 bits per heavy atom. The van der Waals surface area contributed by atoms with Crippen LogP contribution in [-0.4, -0.2) is 20.9 Å². The van der Waals surface area contributed by atoms with Crippen LogP contribution in [-0.2, 0) is 4.52 Å². The smallest absolute Gasteiger partial charge is 0.327 e. The molecule has 0 saturated heterocycles. The van der Waals surface area contributed by atoms with Crippen molar-refractivity contribution < 1.29 is 14.3 Å². The monoisotopic (exact) mass is 221 g/mol. The first-order chi connectivity index (χ1) is 6.18. The van der Waals surface area contributed by atoms with Crippen LogP contribution in [0.1, 0.15) is 34.1 Å². The molecule has 0 aromatic carbocycles. The van der Waals surface area contributed by atoms with Gasteiger partial charge in [0.05, 0.1) is 5.60 Å². The third-order valence-corrected chi connectivity index (χ3v) is 2.16. The topological polar surface area (TPSA) is 98.5 Å². The van der Waals surface area contributed by atoms with E-state index in [0.29, 0.717) is 6.42 Å². The lowest BCUT2D eigenvalue weighted by molar-refractivity contribution is 0.0639. The lowest BCUT2D eigenvalue weighted by Crippen LogP contribution is -2.32. The van der Waals surface area contributed by atoms with Gasteiger partial charge in [-0.05, 0) is 25.8 Å². The van der Waals surface area contributed by atoms with Gasteiger partial charge in [-0.15, -0.1) is 0 Å². The highest BCUT2D eigenvalue weighted by Gasteiger charge is 2.30. The fourth-order valence-corrected chi connectivity index (χ4v) is 1.96. The molecule has 0 amide bonds. The minimum atomic E-state index is -2.39. The fraction of sp³-hybridized carbons (Fsp3) is 1.00. The molecule has 0 aromatic rings. The molecule has 0 radical (unpaired) electrons. The summed E-state index contributed by atoms with van der Waals surface area (Å²) in [5.74, 6) is 0. The minimum absolute atomic E-state index is 0.407. The highest BCUT2D eigenvalue weighted by molar-refractivity contribution is 7.39. The third kappa shape index (κ3) is 6.13. The van der Waals surface area contributed by atoms with Crippen molar-refractivity contribution in [2.24, 2.45) is 5.11 Å². The zero-order valence-electron chi connectivity index (χ0n) is 8.80. The van der Waals surface area contributed by atoms with Crippen LogP contribution in [0, 0.1) is 0 Å². The van der Waals surface area contributed by atoms with Gasteiger partial charge >= 0.3 is 8.60 Å². The second-order valence-corrected chi connectivity index (χ2v) is 4.97. The summed E-state index contributed by atoms with van der Waals surface area (Å²) >= 11 is 0. The van der Waals surface area contributed by atoms with Gasteiger partial charge in [-0.1, -0.05) is 19.0 Å². The standard InChI is InChI=1S/C7H16N3O3P/c1-6(2,9-10-8)5-7(3,4)13-14(11)12/h11-12H,5H2,1-4H3. The SMILES string of the molecule is CC(C)(CC(C)(C)OP(O)O)N=[N+]=[N-]. The third-order valence-electron chi connectivity index (χ3n) is 1.50. The average molecular weight is 221 g/mol. The Hall–Kier alpha value is -0.380. The maximum atomic E-state index is 8.71. The van der Waals surface area contributed by atoms with Crippen molar-refractivity contribution in [3.8, 4) is 0 Å². The first-order valence-electron chi connectivity index (χ1n) is 4.12. The molecule has 0 aromatic heterocycles. The Morgan fingerprint density at radius 2 is 1.86 bits per heavy atom. The molecule has 0 fully saturated rings. The van der Waals surface area contributed by atoms with E-state index in [1.54, 1.807) is 27.7 Å². The van der Waals surface area contributed by atoms with Crippen molar-refractivity contribution >= 4 is 8.60 Å². The molecule has 82 valence electrons. The normalized spacial score (nSPS) is 12.8. The summed E-state index contributed by atoms with van der Waals surface area (Å²) in [4.78, 5) is 20.1. The molecule has 0 aliphatic rings. The van der Waals surface area contributed by atoms with E-state index in [2.05, 4.69) is 10.0 Å². The Morgan fingerprint density at radius 3 is 2.21 bits per heavy atom. The van der Waals surface area contributed by atoms with Crippen molar-refractivity contribution in [3.63, 3.8) is 0 Å². The molecule has 0 rings (SSSR count). The molecule has 0 aliphatic carbocycles. The van der Waals surface area contributed by atoms with Crippen molar-refractivity contribution in [1.82, 2.24) is 0 Å². The molecule has 0 aliphatic heterocycles. The summed E-state index contributed by atoms with van der Waals surface area (Å²) in [6.45, 7) is 6.94. The molecular formula is C7H16N3O3P. The van der Waals surface area contributed by atoms with Crippen LogP contribution in [0.15, 0.2) is 5.11 Å². The van der Waals surface area contributed by atoms with E-state index >= 15 is 0 Å². The summed E-state index contributed by atoms with van der Waals surface area (Å²) in [6.07, 6.45) is 0.407. The summed E-state index contributed by atoms with van der Waals surface area (Å²) in [5, 5.41) is 3.59. The Balaban J connectivity index is 4.41. The number of hydrogen-bond acceptors (Lipinski definition) is 4. The lowest BCUT2D eigenvalue weighted by atomic mass is 9.90. The lowest BCUT2D eigenvalue weighted by Gasteiger charge is -2.31. The van der Waals surface area contributed by atoms with Crippen LogP contribution in [0.3, 0.4) is 0 Å². The summed E-state index contributed by atoms with van der Waals surface area (Å²) in [6, 6.07) is 0. The van der Waals surface area contributed by atoms with E-state index in [1.165, 1.54) is 0 Å². The maximum Gasteiger partial charge on any atom is 0.327 e. The summed E-state index contributed by atoms with van der Waals surface area (Å²) < 4.78 is 4.91. The van der Waals surface area contributed by atoms with Crippen LogP contribution in [0.5, 0.6) is 0 Å². The summed E-state index contributed by atoms with van der Waals surface area (Å²) in [5.41, 5.74) is 6.97. The zero-order chi connectivity index (χ0) is 11.4. The first kappa shape index (κ1) is 13.6. The minimum Gasteiger partial charge on any atom is -0.328 e. The van der Waals surface area contributed by atoms with Gasteiger partial charge in [-0.2, -0.15) is 0 Å². The van der Waals surface area contributed by atoms with E-state index in [-0.39, 0.29) is 0 Å². The zero-order valence-corrected chi connectivity index (χ0v) is 9.69. The van der Waals surface area contributed by atoms with Gasteiger partial charge in [0.25, 0.3) is 0 Å². The molecule has 6 nitrogen and oxygen atoms in total. The van der Waals surface area contributed by atoms with Crippen molar-refractivity contribution in [2.45, 2.75) is 45.3 Å². The van der Waals surface area contributed by atoms with Crippen LogP contribution >= 0.6 is 8.60 Å². The molecule has 0 bridgehead atoms. The molecule has 7 heteroatoms. The fourth-order valence-electron chi connectivity index (χ4n) is 1.45. The largest absolute Gasteiger partial charge is 0.328 e. The Kier molecular flexibility index (Phi) is 4.78. The van der Waals surface area contributed by atoms with Gasteiger partial charge in [0.2, 0.25) is 0 Å². The van der Waals surface area contributed by atoms with Gasteiger partial charge < -0.3 is 14.3 Å². The van der Waals surface area contributed by atoms with E-state index in [0.717, 1.165) is 0 Å². The predicted octanol–water partition coefficient (Wildman–Crippen LogP) is 2.47. The Labute approximate surface area is 84.5 Å². The molecule has 2 N–H and O–H groups in total. The van der Waals surface area contributed by atoms with Gasteiger partial charge in [-0.3, -0.25) is 0 Å². The van der Waals surface area contributed by atoms with Crippen LogP contribution in [0.4, 0.5) is 0 Å². The van der Waals surface area contributed by atoms with Gasteiger partial charge in [-0.25, -0.2) is 0 Å². The number of nitrogens with zero attached hydrogens (tertiary/aromatic N) is 3. The highest BCUT2D eigenvalue weighted by atomic mass is 31.2. The van der Waals surface area contributed by atoms with E-state index in [4.69, 9.17) is 19.8 Å². The molecule has 14 heavy (non-hydrogen) atoms. The van der Waals surface area contributed by atoms with Crippen LogP contribution in [0.2, 0.25) is 0 Å². The van der Waals surface area contributed by atoms with Crippen molar-refractivity contribution in [1.29, 1.82) is 0 Å². The van der Waals surface area contributed by atoms with Gasteiger partial charge in [0.1, 0.15) is 0 Å². The molecule has 0 heterocycles. The van der Waals surface area contributed by atoms with Crippen LogP contribution < -0.4 is 0 Å². The van der Waals surface area contributed by atoms with E-state index in [9.17, 15) is 0 Å². The second kappa shape index (κ2) is 4.91. The number of azide groups is 1. The maximum absolute atomic E-state index is 8.71. The molecule has 0 atom stereocenters. The van der Waals surface area contributed by atoms with Crippen LogP contribution in [0.25, 0.3) is 10.4 Å². The van der Waals surface area contributed by atoms with Gasteiger partial charge in [0, 0.05) is 10.5 Å². The highest BCUT2D eigenvalue weighted by Crippen LogP contribution is 2.37.